The molecule has 1 aliphatic rings. The van der Waals surface area contributed by atoms with Gasteiger partial charge in [0, 0.05) is 29.0 Å². The summed E-state index contributed by atoms with van der Waals surface area (Å²) in [5.41, 5.74) is 4.77. The summed E-state index contributed by atoms with van der Waals surface area (Å²) in [7, 11) is 0. The van der Waals surface area contributed by atoms with Crippen LogP contribution < -0.4 is 0 Å². The summed E-state index contributed by atoms with van der Waals surface area (Å²) >= 11 is 11.8. The number of benzene rings is 2. The highest BCUT2D eigenvalue weighted by atomic mass is 35.5. The second-order valence-corrected chi connectivity index (χ2v) is 6.45. The summed E-state index contributed by atoms with van der Waals surface area (Å²) in [6, 6.07) is 16.4. The summed E-state index contributed by atoms with van der Waals surface area (Å²) in [5.74, 6) is 0. The van der Waals surface area contributed by atoms with E-state index in [9.17, 15) is 0 Å². The SMILES string of the molecule is S=C1c2[nH]c3ccc(Cl)cc3c2CCN1Cc1ccccc1. The van der Waals surface area contributed by atoms with Gasteiger partial charge in [0.2, 0.25) is 0 Å². The predicted molar refractivity (Wildman–Crippen MR) is 95.6 cm³/mol. The molecule has 3 aromatic rings. The van der Waals surface area contributed by atoms with Crippen molar-refractivity contribution in [1.29, 1.82) is 0 Å². The van der Waals surface area contributed by atoms with Crippen molar-refractivity contribution in [1.82, 2.24) is 9.88 Å². The topological polar surface area (TPSA) is 19.0 Å². The van der Waals surface area contributed by atoms with Crippen molar-refractivity contribution in [2.24, 2.45) is 0 Å². The zero-order valence-electron chi connectivity index (χ0n) is 12.0. The summed E-state index contributed by atoms with van der Waals surface area (Å²) in [4.78, 5) is 6.64. The van der Waals surface area contributed by atoms with E-state index >= 15 is 0 Å². The molecule has 4 rings (SSSR count). The highest BCUT2D eigenvalue weighted by molar-refractivity contribution is 7.80. The molecular weight excluding hydrogens is 312 g/mol. The Morgan fingerprint density at radius 1 is 1.14 bits per heavy atom. The second-order valence-electron chi connectivity index (χ2n) is 5.63. The van der Waals surface area contributed by atoms with Gasteiger partial charge in [-0.2, -0.15) is 0 Å². The first-order valence-corrected chi connectivity index (χ1v) is 8.14. The lowest BCUT2D eigenvalue weighted by Crippen LogP contribution is -2.36. The third-order valence-electron chi connectivity index (χ3n) is 4.22. The van der Waals surface area contributed by atoms with Crippen LogP contribution in [0.15, 0.2) is 48.5 Å². The number of H-pyrrole nitrogens is 1. The van der Waals surface area contributed by atoms with Gasteiger partial charge in [0.25, 0.3) is 0 Å². The van der Waals surface area contributed by atoms with Crippen LogP contribution in [0.5, 0.6) is 0 Å². The maximum atomic E-state index is 6.13. The van der Waals surface area contributed by atoms with E-state index in [1.807, 2.05) is 24.3 Å². The smallest absolute Gasteiger partial charge is 0.126 e. The molecule has 4 heteroatoms. The quantitative estimate of drug-likeness (QED) is 0.696. The van der Waals surface area contributed by atoms with Crippen LogP contribution >= 0.6 is 23.8 Å². The van der Waals surface area contributed by atoms with Crippen molar-refractivity contribution in [2.45, 2.75) is 13.0 Å². The van der Waals surface area contributed by atoms with Gasteiger partial charge in [0.1, 0.15) is 4.99 Å². The summed E-state index contributed by atoms with van der Waals surface area (Å²) in [6.07, 6.45) is 0.989. The first-order chi connectivity index (χ1) is 10.7. The van der Waals surface area contributed by atoms with Gasteiger partial charge in [-0.05, 0) is 35.7 Å². The van der Waals surface area contributed by atoms with Gasteiger partial charge in [0.05, 0.1) is 5.69 Å². The van der Waals surface area contributed by atoms with Gasteiger partial charge in [-0.1, -0.05) is 54.2 Å². The minimum absolute atomic E-state index is 0.770. The number of hydrogen-bond acceptors (Lipinski definition) is 1. The Labute approximate surface area is 139 Å². The zero-order valence-corrected chi connectivity index (χ0v) is 13.5. The van der Waals surface area contributed by atoms with Gasteiger partial charge >= 0.3 is 0 Å². The molecule has 2 aromatic carbocycles. The van der Waals surface area contributed by atoms with Crippen LogP contribution in [0, 0.1) is 0 Å². The van der Waals surface area contributed by atoms with Gasteiger partial charge in [-0.15, -0.1) is 0 Å². The molecule has 0 saturated heterocycles. The molecule has 1 aliphatic heterocycles. The number of thiocarbonyl (C=S) groups is 1. The Hall–Kier alpha value is -1.84. The summed E-state index contributed by atoms with van der Waals surface area (Å²) in [5, 5.41) is 1.97. The molecular formula is C18H15ClN2S. The van der Waals surface area contributed by atoms with Crippen LogP contribution in [0.3, 0.4) is 0 Å². The molecule has 0 radical (unpaired) electrons. The maximum absolute atomic E-state index is 6.13. The fraction of sp³-hybridized carbons (Fsp3) is 0.167. The van der Waals surface area contributed by atoms with Crippen LogP contribution in [-0.4, -0.2) is 21.4 Å². The lowest BCUT2D eigenvalue weighted by Gasteiger charge is -2.29. The molecule has 1 N–H and O–H groups in total. The minimum atomic E-state index is 0.770. The molecule has 2 heterocycles. The van der Waals surface area contributed by atoms with Gasteiger partial charge in [0.15, 0.2) is 0 Å². The monoisotopic (exact) mass is 326 g/mol. The van der Waals surface area contributed by atoms with Crippen molar-refractivity contribution >= 4 is 39.7 Å². The van der Waals surface area contributed by atoms with Crippen molar-refractivity contribution in [3.8, 4) is 0 Å². The van der Waals surface area contributed by atoms with Crippen molar-refractivity contribution in [3.63, 3.8) is 0 Å². The Morgan fingerprint density at radius 3 is 2.77 bits per heavy atom. The van der Waals surface area contributed by atoms with Crippen LogP contribution in [0.25, 0.3) is 10.9 Å². The van der Waals surface area contributed by atoms with E-state index in [0.29, 0.717) is 0 Å². The van der Waals surface area contributed by atoms with Gasteiger partial charge in [-0.3, -0.25) is 0 Å². The van der Waals surface area contributed by atoms with E-state index in [0.717, 1.165) is 40.7 Å². The molecule has 110 valence electrons. The Kier molecular flexibility index (Phi) is 3.40. The molecule has 0 saturated carbocycles. The Bertz CT molecular complexity index is 854. The van der Waals surface area contributed by atoms with E-state index in [2.05, 4.69) is 34.1 Å². The lowest BCUT2D eigenvalue weighted by atomic mass is 10.0. The Morgan fingerprint density at radius 2 is 1.95 bits per heavy atom. The molecule has 0 unspecified atom stereocenters. The van der Waals surface area contributed by atoms with E-state index in [1.54, 1.807) is 0 Å². The molecule has 2 nitrogen and oxygen atoms in total. The average Bonchev–Trinajstić information content (AvgIpc) is 2.90. The number of fused-ring (bicyclic) bond motifs is 3. The van der Waals surface area contributed by atoms with Crippen molar-refractivity contribution in [2.75, 3.05) is 6.54 Å². The van der Waals surface area contributed by atoms with Crippen LogP contribution in [0.2, 0.25) is 5.02 Å². The fourth-order valence-corrected chi connectivity index (χ4v) is 3.63. The number of aromatic nitrogens is 1. The molecule has 0 spiro atoms. The van der Waals surface area contributed by atoms with Crippen LogP contribution in [-0.2, 0) is 13.0 Å². The third-order valence-corrected chi connectivity index (χ3v) is 4.91. The molecule has 0 atom stereocenters. The third kappa shape index (κ3) is 2.31. The number of rotatable bonds is 2. The van der Waals surface area contributed by atoms with Crippen molar-refractivity contribution < 1.29 is 0 Å². The van der Waals surface area contributed by atoms with Gasteiger partial charge < -0.3 is 9.88 Å². The number of nitrogens with zero attached hydrogens (tertiary/aromatic N) is 1. The standard InChI is InChI=1S/C18H15ClN2S/c19-13-6-7-16-15(10-13)14-8-9-21(18(22)17(14)20-16)11-12-4-2-1-3-5-12/h1-7,10,20H,8-9,11H2. The predicted octanol–water partition coefficient (Wildman–Crippen LogP) is 4.56. The second kappa shape index (κ2) is 5.41. The number of aromatic amines is 1. The van der Waals surface area contributed by atoms with E-state index in [1.165, 1.54) is 16.5 Å². The minimum Gasteiger partial charge on any atom is -0.356 e. The molecule has 1 aromatic heterocycles. The van der Waals surface area contributed by atoms with E-state index < -0.39 is 0 Å². The number of hydrogen-bond donors (Lipinski definition) is 1. The first kappa shape index (κ1) is 13.8. The molecule has 22 heavy (non-hydrogen) atoms. The molecule has 0 aliphatic carbocycles. The Balaban J connectivity index is 1.70. The zero-order chi connectivity index (χ0) is 15.1. The highest BCUT2D eigenvalue weighted by Crippen LogP contribution is 2.30. The molecule has 0 bridgehead atoms. The summed E-state index contributed by atoms with van der Waals surface area (Å²) in [6.45, 7) is 1.80. The van der Waals surface area contributed by atoms with Crippen molar-refractivity contribution in [3.05, 3.63) is 70.4 Å². The summed E-state index contributed by atoms with van der Waals surface area (Å²) < 4.78 is 0. The van der Waals surface area contributed by atoms with E-state index in [-0.39, 0.29) is 0 Å². The molecule has 0 fully saturated rings. The fourth-order valence-electron chi connectivity index (χ4n) is 3.12. The first-order valence-electron chi connectivity index (χ1n) is 7.35. The van der Waals surface area contributed by atoms with Crippen LogP contribution in [0.4, 0.5) is 0 Å². The van der Waals surface area contributed by atoms with Gasteiger partial charge in [-0.25, -0.2) is 0 Å². The number of halogens is 1. The van der Waals surface area contributed by atoms with E-state index in [4.69, 9.17) is 23.8 Å². The maximum Gasteiger partial charge on any atom is 0.126 e. The largest absolute Gasteiger partial charge is 0.356 e. The number of nitrogens with one attached hydrogen (secondary N) is 1. The highest BCUT2D eigenvalue weighted by Gasteiger charge is 2.24. The molecule has 0 amide bonds. The average molecular weight is 327 g/mol. The lowest BCUT2D eigenvalue weighted by molar-refractivity contribution is 0.415. The normalized spacial score (nSPS) is 14.4. The van der Waals surface area contributed by atoms with Crippen LogP contribution in [0.1, 0.15) is 16.8 Å².